The second-order valence-corrected chi connectivity index (χ2v) is 6.31. The molecule has 1 atom stereocenters. The third-order valence-corrected chi connectivity index (χ3v) is 4.24. The largest absolute Gasteiger partial charge is 0.494 e. The summed E-state index contributed by atoms with van der Waals surface area (Å²) in [5, 5.41) is 2.87. The summed E-state index contributed by atoms with van der Waals surface area (Å²) in [5.74, 6) is -2.60. The average Bonchev–Trinajstić information content (AvgIpc) is 3.01. The van der Waals surface area contributed by atoms with Crippen LogP contribution in [0, 0.1) is 18.6 Å². The van der Waals surface area contributed by atoms with Crippen LogP contribution in [-0.2, 0) is 9.53 Å². The van der Waals surface area contributed by atoms with Crippen LogP contribution >= 0.6 is 0 Å². The van der Waals surface area contributed by atoms with Crippen molar-refractivity contribution in [1.82, 2.24) is 0 Å². The number of hydrogen-bond donors (Lipinski definition) is 1. The van der Waals surface area contributed by atoms with Gasteiger partial charge in [0.2, 0.25) is 5.76 Å². The Hall–Kier alpha value is -3.42. The van der Waals surface area contributed by atoms with Crippen LogP contribution in [-0.4, -0.2) is 24.6 Å². The highest BCUT2D eigenvalue weighted by molar-refractivity contribution is 5.99. The van der Waals surface area contributed by atoms with Crippen molar-refractivity contribution in [3.05, 3.63) is 59.4 Å². The van der Waals surface area contributed by atoms with E-state index < -0.39 is 29.6 Å². The summed E-state index contributed by atoms with van der Waals surface area (Å²) in [6.07, 6.45) is -1.27. The quantitative estimate of drug-likeness (QED) is 0.609. The second kappa shape index (κ2) is 8.30. The molecule has 0 bridgehead atoms. The molecule has 0 saturated carbocycles. The topological polar surface area (TPSA) is 77.8 Å². The van der Waals surface area contributed by atoms with E-state index in [0.29, 0.717) is 28.9 Å². The number of carbonyl (C=O) groups is 2. The third kappa shape index (κ3) is 4.37. The molecule has 1 N–H and O–H groups in total. The Labute approximate surface area is 165 Å². The van der Waals surface area contributed by atoms with Crippen LogP contribution in [0.5, 0.6) is 5.75 Å². The average molecular weight is 403 g/mol. The number of furan rings is 1. The molecular weight excluding hydrogens is 384 g/mol. The van der Waals surface area contributed by atoms with Crippen LogP contribution in [0.25, 0.3) is 11.0 Å². The lowest BCUT2D eigenvalue weighted by Gasteiger charge is -2.13. The summed E-state index contributed by atoms with van der Waals surface area (Å²) in [5.41, 5.74) is 0.661. The summed E-state index contributed by atoms with van der Waals surface area (Å²) in [6.45, 7) is 5.35. The molecule has 3 rings (SSSR count). The molecule has 1 amide bonds. The molecule has 0 fully saturated rings. The summed E-state index contributed by atoms with van der Waals surface area (Å²) in [7, 11) is 0. The maximum atomic E-state index is 13.7. The minimum absolute atomic E-state index is 0.0507. The molecule has 8 heteroatoms. The van der Waals surface area contributed by atoms with Crippen LogP contribution in [0.1, 0.15) is 30.0 Å². The van der Waals surface area contributed by atoms with Crippen molar-refractivity contribution < 1.29 is 32.3 Å². The van der Waals surface area contributed by atoms with Gasteiger partial charge in [-0.2, -0.15) is 0 Å². The number of aryl methyl sites for hydroxylation is 1. The number of fused-ring (bicyclic) bond motifs is 1. The van der Waals surface area contributed by atoms with E-state index in [1.165, 1.54) is 6.92 Å². The maximum absolute atomic E-state index is 13.7. The number of benzene rings is 2. The van der Waals surface area contributed by atoms with Gasteiger partial charge in [0.25, 0.3) is 5.91 Å². The number of halogens is 2. The first-order chi connectivity index (χ1) is 13.8. The smallest absolute Gasteiger partial charge is 0.375 e. The molecular formula is C21H19F2NO5. The van der Waals surface area contributed by atoms with Crippen molar-refractivity contribution in [2.75, 3.05) is 11.9 Å². The lowest BCUT2D eigenvalue weighted by Crippen LogP contribution is -2.30. The Morgan fingerprint density at radius 3 is 2.66 bits per heavy atom. The number of hydrogen-bond acceptors (Lipinski definition) is 5. The van der Waals surface area contributed by atoms with Gasteiger partial charge in [-0.05, 0) is 51.1 Å². The van der Waals surface area contributed by atoms with Crippen molar-refractivity contribution in [1.29, 1.82) is 0 Å². The van der Waals surface area contributed by atoms with Gasteiger partial charge in [0.15, 0.2) is 6.10 Å². The first kappa shape index (κ1) is 20.3. The van der Waals surface area contributed by atoms with Crippen molar-refractivity contribution >= 4 is 28.5 Å². The predicted molar refractivity (Wildman–Crippen MR) is 102 cm³/mol. The van der Waals surface area contributed by atoms with Gasteiger partial charge in [-0.25, -0.2) is 13.6 Å². The van der Waals surface area contributed by atoms with Crippen LogP contribution < -0.4 is 10.1 Å². The van der Waals surface area contributed by atoms with Gasteiger partial charge in [-0.1, -0.05) is 0 Å². The van der Waals surface area contributed by atoms with Gasteiger partial charge < -0.3 is 19.2 Å². The Morgan fingerprint density at radius 2 is 1.93 bits per heavy atom. The lowest BCUT2D eigenvalue weighted by molar-refractivity contribution is -0.123. The molecule has 1 heterocycles. The van der Waals surface area contributed by atoms with Crippen LogP contribution in [0.3, 0.4) is 0 Å². The second-order valence-electron chi connectivity index (χ2n) is 6.31. The predicted octanol–water partition coefficient (Wildman–Crippen LogP) is 4.60. The van der Waals surface area contributed by atoms with E-state index in [2.05, 4.69) is 5.32 Å². The Bertz CT molecular complexity index is 1080. The minimum atomic E-state index is -1.27. The monoisotopic (exact) mass is 403 g/mol. The molecule has 0 aliphatic rings. The number of amides is 1. The van der Waals surface area contributed by atoms with Crippen molar-refractivity contribution in [3.8, 4) is 5.75 Å². The van der Waals surface area contributed by atoms with Gasteiger partial charge in [0.05, 0.1) is 12.3 Å². The summed E-state index contributed by atoms with van der Waals surface area (Å²) < 4.78 is 43.0. The molecule has 0 aliphatic heterocycles. The van der Waals surface area contributed by atoms with Gasteiger partial charge in [0.1, 0.15) is 23.0 Å². The van der Waals surface area contributed by atoms with Gasteiger partial charge in [-0.15, -0.1) is 0 Å². The Balaban J connectivity index is 1.74. The number of esters is 1. The van der Waals surface area contributed by atoms with Crippen LogP contribution in [0.15, 0.2) is 40.8 Å². The fourth-order valence-electron chi connectivity index (χ4n) is 2.75. The zero-order valence-corrected chi connectivity index (χ0v) is 16.0. The molecule has 0 spiro atoms. The summed E-state index contributed by atoms with van der Waals surface area (Å²) in [6, 6.07) is 7.78. The molecule has 0 aliphatic carbocycles. The number of ether oxygens (including phenoxy) is 2. The highest BCUT2D eigenvalue weighted by atomic mass is 19.1. The fourth-order valence-corrected chi connectivity index (χ4v) is 2.75. The van der Waals surface area contributed by atoms with Gasteiger partial charge in [0, 0.05) is 17.0 Å². The first-order valence-electron chi connectivity index (χ1n) is 8.93. The number of anilines is 1. The maximum Gasteiger partial charge on any atom is 0.375 e. The zero-order valence-electron chi connectivity index (χ0n) is 16.0. The normalized spacial score (nSPS) is 11.9. The molecule has 29 heavy (non-hydrogen) atoms. The van der Waals surface area contributed by atoms with E-state index in [4.69, 9.17) is 13.9 Å². The molecule has 0 saturated heterocycles. The Morgan fingerprint density at radius 1 is 1.17 bits per heavy atom. The van der Waals surface area contributed by atoms with Crippen LogP contribution in [0.4, 0.5) is 14.5 Å². The molecule has 0 radical (unpaired) electrons. The van der Waals surface area contributed by atoms with Gasteiger partial charge >= 0.3 is 5.97 Å². The number of carbonyl (C=O) groups excluding carboxylic acids is 2. The van der Waals surface area contributed by atoms with E-state index in [1.54, 1.807) is 25.1 Å². The summed E-state index contributed by atoms with van der Waals surface area (Å²) in [4.78, 5) is 24.7. The first-order valence-corrected chi connectivity index (χ1v) is 8.93. The van der Waals surface area contributed by atoms with Crippen molar-refractivity contribution in [2.45, 2.75) is 26.9 Å². The SMILES string of the molecule is CCOc1ccc2oc(C(=O)O[C@@H](C)C(=O)Nc3cc(F)ccc3F)c(C)c2c1. The minimum Gasteiger partial charge on any atom is -0.494 e. The number of rotatable bonds is 6. The molecule has 1 aromatic heterocycles. The third-order valence-electron chi connectivity index (χ3n) is 4.24. The molecule has 2 aromatic carbocycles. The summed E-state index contributed by atoms with van der Waals surface area (Å²) >= 11 is 0. The highest BCUT2D eigenvalue weighted by Crippen LogP contribution is 2.29. The number of nitrogens with one attached hydrogen (secondary N) is 1. The zero-order chi connectivity index (χ0) is 21.1. The van der Waals surface area contributed by atoms with Crippen molar-refractivity contribution in [2.24, 2.45) is 0 Å². The molecule has 0 unspecified atom stereocenters. The van der Waals surface area contributed by atoms with E-state index >= 15 is 0 Å². The van der Waals surface area contributed by atoms with E-state index in [0.717, 1.165) is 18.2 Å². The highest BCUT2D eigenvalue weighted by Gasteiger charge is 2.25. The molecule has 3 aromatic rings. The van der Waals surface area contributed by atoms with E-state index in [9.17, 15) is 18.4 Å². The molecule has 152 valence electrons. The fraction of sp³-hybridized carbons (Fsp3) is 0.238. The van der Waals surface area contributed by atoms with Gasteiger partial charge in [-0.3, -0.25) is 4.79 Å². The Kier molecular flexibility index (Phi) is 5.81. The van der Waals surface area contributed by atoms with E-state index in [1.807, 2.05) is 6.92 Å². The molecule has 6 nitrogen and oxygen atoms in total. The standard InChI is InChI=1S/C21H19F2NO5/c1-4-27-14-6-8-18-15(10-14)11(2)19(29-18)21(26)28-12(3)20(25)24-17-9-13(22)5-7-16(17)23/h5-10,12H,4H2,1-3H3,(H,24,25)/t12-/m0/s1. The lowest BCUT2D eigenvalue weighted by atomic mass is 10.1. The van der Waals surface area contributed by atoms with Crippen molar-refractivity contribution in [3.63, 3.8) is 0 Å². The van der Waals surface area contributed by atoms with E-state index in [-0.39, 0.29) is 11.4 Å². The van der Waals surface area contributed by atoms with Crippen LogP contribution in [0.2, 0.25) is 0 Å².